The first-order valence-electron chi connectivity index (χ1n) is 11.9. The van der Waals surface area contributed by atoms with E-state index < -0.39 is 9.84 Å². The van der Waals surface area contributed by atoms with Crippen LogP contribution in [0.25, 0.3) is 10.9 Å². The molecule has 1 heterocycles. The summed E-state index contributed by atoms with van der Waals surface area (Å²) in [6.07, 6.45) is 2.26. The first kappa shape index (κ1) is 25.2. The number of amides is 1. The van der Waals surface area contributed by atoms with Crippen LogP contribution in [-0.2, 0) is 27.7 Å². The van der Waals surface area contributed by atoms with E-state index in [1.807, 2.05) is 48.5 Å². The highest BCUT2D eigenvalue weighted by Crippen LogP contribution is 2.42. The molecule has 5 rings (SSSR count). The lowest BCUT2D eigenvalue weighted by Gasteiger charge is -2.19. The molecule has 0 aliphatic heterocycles. The number of carbonyl (C=O) groups excluding carboxylic acids is 1. The summed E-state index contributed by atoms with van der Waals surface area (Å²) in [7, 11) is -3.49. The number of hydrogen-bond donors (Lipinski definition) is 1. The molecule has 192 valence electrons. The van der Waals surface area contributed by atoms with Gasteiger partial charge in [0.05, 0.1) is 16.1 Å². The lowest BCUT2D eigenvalue weighted by atomic mass is 10.0. The maximum Gasteiger partial charge on any atom is 0.219 e. The van der Waals surface area contributed by atoms with Crippen LogP contribution in [-0.4, -0.2) is 26.1 Å². The summed E-state index contributed by atoms with van der Waals surface area (Å²) in [4.78, 5) is 17.2. The minimum atomic E-state index is -3.49. The number of aromatic amines is 1. The van der Waals surface area contributed by atoms with Gasteiger partial charge in [0.2, 0.25) is 6.41 Å². The Bertz CT molecular complexity index is 1700. The van der Waals surface area contributed by atoms with E-state index in [4.69, 9.17) is 4.74 Å². The minimum Gasteiger partial charge on any atom is -0.484 e. The van der Waals surface area contributed by atoms with Gasteiger partial charge >= 0.3 is 0 Å². The third-order valence-corrected chi connectivity index (χ3v) is 7.36. The largest absolute Gasteiger partial charge is 0.484 e. The van der Waals surface area contributed by atoms with E-state index in [0.717, 1.165) is 33.8 Å². The topological polar surface area (TPSA) is 79.5 Å². The first-order chi connectivity index (χ1) is 18.3. The Morgan fingerprint density at radius 3 is 2.34 bits per heavy atom. The van der Waals surface area contributed by atoms with Gasteiger partial charge in [0.15, 0.2) is 21.4 Å². The Hall–Kier alpha value is -4.43. The monoisotopic (exact) mass is 528 g/mol. The van der Waals surface area contributed by atoms with Crippen molar-refractivity contribution in [2.24, 2.45) is 0 Å². The molecule has 38 heavy (non-hydrogen) atoms. The standard InChI is InChI=1S/C30H25FN2O4S/c1-38(35,36)26-11-6-10-25(18-26)33(20-34)30-29(37-19-22-7-3-2-4-8-22)28-23(9-5-12-27(28)32-30)17-21-13-15-24(31)16-14-21/h2-16,18,20,32H,17,19H2,1H3. The van der Waals surface area contributed by atoms with Crippen LogP contribution in [0.2, 0.25) is 0 Å². The van der Waals surface area contributed by atoms with Gasteiger partial charge in [-0.1, -0.05) is 60.7 Å². The molecule has 0 atom stereocenters. The number of H-pyrrole nitrogens is 1. The van der Waals surface area contributed by atoms with E-state index in [2.05, 4.69) is 4.98 Å². The van der Waals surface area contributed by atoms with E-state index in [1.165, 1.54) is 29.2 Å². The third-order valence-electron chi connectivity index (χ3n) is 6.25. The molecule has 1 amide bonds. The van der Waals surface area contributed by atoms with Crippen LogP contribution in [0.15, 0.2) is 102 Å². The van der Waals surface area contributed by atoms with Gasteiger partial charge in [-0.25, -0.2) is 12.8 Å². The fourth-order valence-electron chi connectivity index (χ4n) is 4.39. The number of halogens is 1. The van der Waals surface area contributed by atoms with Gasteiger partial charge in [0.25, 0.3) is 0 Å². The van der Waals surface area contributed by atoms with Gasteiger partial charge in [0.1, 0.15) is 12.4 Å². The summed E-state index contributed by atoms with van der Waals surface area (Å²) >= 11 is 0. The number of ether oxygens (including phenoxy) is 1. The van der Waals surface area contributed by atoms with Gasteiger partial charge in [-0.15, -0.1) is 0 Å². The first-order valence-corrected chi connectivity index (χ1v) is 13.8. The molecule has 1 N–H and O–H groups in total. The fraction of sp³-hybridized carbons (Fsp3) is 0.100. The molecule has 0 aliphatic carbocycles. The van der Waals surface area contributed by atoms with Crippen LogP contribution in [0.1, 0.15) is 16.7 Å². The normalized spacial score (nSPS) is 11.4. The van der Waals surface area contributed by atoms with Gasteiger partial charge in [0, 0.05) is 11.6 Å². The van der Waals surface area contributed by atoms with E-state index in [0.29, 0.717) is 30.1 Å². The summed E-state index contributed by atoms with van der Waals surface area (Å²) in [5, 5.41) is 0.786. The number of hydrogen-bond acceptors (Lipinski definition) is 4. The van der Waals surface area contributed by atoms with E-state index >= 15 is 0 Å². The number of sulfone groups is 1. The van der Waals surface area contributed by atoms with E-state index in [1.54, 1.807) is 24.3 Å². The van der Waals surface area contributed by atoms with Gasteiger partial charge in [-0.3, -0.25) is 9.69 Å². The summed E-state index contributed by atoms with van der Waals surface area (Å²) in [5.74, 6) is 0.530. The Morgan fingerprint density at radius 2 is 1.63 bits per heavy atom. The molecule has 0 saturated carbocycles. The quantitative estimate of drug-likeness (QED) is 0.232. The van der Waals surface area contributed by atoms with Gasteiger partial charge in [-0.05, 0) is 59.5 Å². The molecule has 0 aliphatic rings. The van der Waals surface area contributed by atoms with Gasteiger partial charge in [-0.2, -0.15) is 0 Å². The van der Waals surface area contributed by atoms with Crippen molar-refractivity contribution in [2.45, 2.75) is 17.9 Å². The van der Waals surface area contributed by atoms with Crippen LogP contribution in [0.3, 0.4) is 0 Å². The second-order valence-electron chi connectivity index (χ2n) is 8.96. The Balaban J connectivity index is 1.65. The molecular formula is C30H25FN2O4S. The number of anilines is 2. The summed E-state index contributed by atoms with van der Waals surface area (Å²) in [6, 6.07) is 27.9. The predicted octanol–water partition coefficient (Wildman–Crippen LogP) is 6.17. The number of nitrogens with zero attached hydrogens (tertiary/aromatic N) is 1. The highest BCUT2D eigenvalue weighted by Gasteiger charge is 2.23. The highest BCUT2D eigenvalue weighted by molar-refractivity contribution is 7.90. The van der Waals surface area contributed by atoms with Crippen molar-refractivity contribution in [3.63, 3.8) is 0 Å². The lowest BCUT2D eigenvalue weighted by molar-refractivity contribution is -0.106. The minimum absolute atomic E-state index is 0.0988. The lowest BCUT2D eigenvalue weighted by Crippen LogP contribution is -2.16. The fourth-order valence-corrected chi connectivity index (χ4v) is 5.05. The van der Waals surface area contributed by atoms with Crippen molar-refractivity contribution in [3.8, 4) is 5.75 Å². The number of nitrogens with one attached hydrogen (secondary N) is 1. The van der Waals surface area contributed by atoms with Crippen LogP contribution in [0.4, 0.5) is 15.9 Å². The van der Waals surface area contributed by atoms with Gasteiger partial charge < -0.3 is 9.72 Å². The average Bonchev–Trinajstić information content (AvgIpc) is 3.28. The predicted molar refractivity (Wildman–Crippen MR) is 146 cm³/mol. The Morgan fingerprint density at radius 1 is 0.895 bits per heavy atom. The van der Waals surface area contributed by atoms with Crippen LogP contribution >= 0.6 is 0 Å². The number of benzene rings is 4. The number of carbonyl (C=O) groups is 1. The van der Waals surface area contributed by atoms with Crippen molar-refractivity contribution in [1.29, 1.82) is 0 Å². The smallest absolute Gasteiger partial charge is 0.219 e. The zero-order valence-electron chi connectivity index (χ0n) is 20.6. The molecule has 4 aromatic carbocycles. The second kappa shape index (κ2) is 10.5. The Labute approximate surface area is 220 Å². The van der Waals surface area contributed by atoms with Crippen molar-refractivity contribution >= 4 is 38.7 Å². The zero-order valence-corrected chi connectivity index (χ0v) is 21.4. The van der Waals surface area contributed by atoms with Crippen LogP contribution in [0.5, 0.6) is 5.75 Å². The van der Waals surface area contributed by atoms with Crippen molar-refractivity contribution in [2.75, 3.05) is 11.2 Å². The second-order valence-corrected chi connectivity index (χ2v) is 11.0. The molecule has 5 aromatic rings. The van der Waals surface area contributed by atoms with Crippen LogP contribution in [0, 0.1) is 5.82 Å². The highest BCUT2D eigenvalue weighted by atomic mass is 32.2. The van der Waals surface area contributed by atoms with E-state index in [-0.39, 0.29) is 17.3 Å². The average molecular weight is 529 g/mol. The molecule has 0 fully saturated rings. The maximum atomic E-state index is 13.5. The molecule has 0 radical (unpaired) electrons. The molecule has 6 nitrogen and oxygen atoms in total. The third kappa shape index (κ3) is 5.31. The molecular weight excluding hydrogens is 503 g/mol. The Kier molecular flexibility index (Phi) is 6.98. The number of aromatic nitrogens is 1. The maximum absolute atomic E-state index is 13.5. The van der Waals surface area contributed by atoms with Crippen molar-refractivity contribution in [3.05, 3.63) is 120 Å². The molecule has 8 heteroatoms. The summed E-state index contributed by atoms with van der Waals surface area (Å²) in [5.41, 5.74) is 3.91. The number of rotatable bonds is 9. The molecule has 0 spiro atoms. The molecule has 1 aromatic heterocycles. The molecule has 0 bridgehead atoms. The SMILES string of the molecule is CS(=O)(=O)c1cccc(N(C=O)c2[nH]c3cccc(Cc4ccc(F)cc4)c3c2OCc2ccccc2)c1. The molecule has 0 saturated heterocycles. The van der Waals surface area contributed by atoms with Crippen LogP contribution < -0.4 is 9.64 Å². The molecule has 0 unspecified atom stereocenters. The van der Waals surface area contributed by atoms with E-state index in [9.17, 15) is 17.6 Å². The zero-order chi connectivity index (χ0) is 26.7. The van der Waals surface area contributed by atoms with Crippen molar-refractivity contribution < 1.29 is 22.3 Å². The van der Waals surface area contributed by atoms with Crippen molar-refractivity contribution in [1.82, 2.24) is 4.98 Å². The summed E-state index contributed by atoms with van der Waals surface area (Å²) < 4.78 is 44.2. The number of fused-ring (bicyclic) bond motifs is 1. The summed E-state index contributed by atoms with van der Waals surface area (Å²) in [6.45, 7) is 0.252.